The highest BCUT2D eigenvalue weighted by Gasteiger charge is 2.28. The van der Waals surface area contributed by atoms with E-state index in [2.05, 4.69) is 21.2 Å². The maximum atomic E-state index is 12.4. The van der Waals surface area contributed by atoms with E-state index in [1.54, 1.807) is 17.0 Å². The lowest BCUT2D eigenvalue weighted by Gasteiger charge is -2.30. The van der Waals surface area contributed by atoms with Crippen LogP contribution in [-0.4, -0.2) is 29.8 Å². The molecular weight excluding hydrogens is 408 g/mol. The van der Waals surface area contributed by atoms with Crippen LogP contribution in [0.3, 0.4) is 0 Å². The fraction of sp³-hybridized carbons (Fsp3) is 0.333. The number of carbonyl (C=O) groups excluding carboxylic acids is 2. The number of halogens is 2. The van der Waals surface area contributed by atoms with Gasteiger partial charge in [0, 0.05) is 35.0 Å². The van der Waals surface area contributed by atoms with Crippen LogP contribution in [0, 0.1) is 5.92 Å². The highest BCUT2D eigenvalue weighted by atomic mass is 79.9. The summed E-state index contributed by atoms with van der Waals surface area (Å²) in [6, 6.07) is 8.94. The Hall–Kier alpha value is -1.79. The largest absolute Gasteiger partial charge is 0.459 e. The van der Waals surface area contributed by atoms with Crippen LogP contribution >= 0.6 is 27.5 Å². The molecule has 1 N–H and O–H groups in total. The van der Waals surface area contributed by atoms with Gasteiger partial charge in [-0.05, 0) is 42.7 Å². The van der Waals surface area contributed by atoms with Crippen molar-refractivity contribution in [3.05, 3.63) is 57.4 Å². The Morgan fingerprint density at radius 2 is 2.04 bits per heavy atom. The predicted molar refractivity (Wildman–Crippen MR) is 98.3 cm³/mol. The van der Waals surface area contributed by atoms with Crippen molar-refractivity contribution >= 4 is 39.3 Å². The highest BCUT2D eigenvalue weighted by Crippen LogP contribution is 2.22. The zero-order valence-electron chi connectivity index (χ0n) is 13.5. The first kappa shape index (κ1) is 18.0. The fourth-order valence-corrected chi connectivity index (χ4v) is 3.63. The number of hydrogen-bond donors (Lipinski definition) is 1. The molecule has 0 spiro atoms. The molecule has 0 aliphatic carbocycles. The third-order valence-corrected chi connectivity index (χ3v) is 5.20. The molecule has 1 aromatic carbocycles. The van der Waals surface area contributed by atoms with E-state index in [0.29, 0.717) is 43.3 Å². The minimum absolute atomic E-state index is 0.00378. The van der Waals surface area contributed by atoms with Crippen molar-refractivity contribution < 1.29 is 14.0 Å². The third kappa shape index (κ3) is 4.44. The van der Waals surface area contributed by atoms with Crippen LogP contribution in [0.25, 0.3) is 0 Å². The third-order valence-electron chi connectivity index (χ3n) is 4.35. The summed E-state index contributed by atoms with van der Waals surface area (Å²) in [7, 11) is 0. The van der Waals surface area contributed by atoms with Gasteiger partial charge in [-0.3, -0.25) is 9.59 Å². The lowest BCUT2D eigenvalue weighted by atomic mass is 9.95. The van der Waals surface area contributed by atoms with E-state index in [1.165, 1.54) is 6.26 Å². The topological polar surface area (TPSA) is 62.6 Å². The van der Waals surface area contributed by atoms with Crippen LogP contribution in [0.2, 0.25) is 5.02 Å². The highest BCUT2D eigenvalue weighted by molar-refractivity contribution is 9.10. The maximum absolute atomic E-state index is 12.4. The zero-order valence-corrected chi connectivity index (χ0v) is 15.8. The van der Waals surface area contributed by atoms with E-state index in [4.69, 9.17) is 16.0 Å². The zero-order chi connectivity index (χ0) is 17.8. The van der Waals surface area contributed by atoms with Crippen molar-refractivity contribution in [2.75, 3.05) is 13.1 Å². The van der Waals surface area contributed by atoms with Crippen molar-refractivity contribution in [3.63, 3.8) is 0 Å². The minimum Gasteiger partial charge on any atom is -0.459 e. The number of hydrogen-bond acceptors (Lipinski definition) is 3. The van der Waals surface area contributed by atoms with Crippen molar-refractivity contribution in [2.24, 2.45) is 5.92 Å². The van der Waals surface area contributed by atoms with E-state index in [-0.39, 0.29) is 17.7 Å². The summed E-state index contributed by atoms with van der Waals surface area (Å²) in [4.78, 5) is 26.3. The van der Waals surface area contributed by atoms with Crippen LogP contribution in [0.1, 0.15) is 29.0 Å². The molecule has 3 rings (SSSR count). The number of nitrogens with one attached hydrogen (secondary N) is 1. The van der Waals surface area contributed by atoms with Crippen molar-refractivity contribution in [1.82, 2.24) is 10.2 Å². The number of piperidine rings is 1. The van der Waals surface area contributed by atoms with Gasteiger partial charge in [0.05, 0.1) is 6.26 Å². The molecule has 5 nitrogen and oxygen atoms in total. The lowest BCUT2D eigenvalue weighted by Crippen LogP contribution is -2.42. The average Bonchev–Trinajstić information content (AvgIpc) is 3.15. The SMILES string of the molecule is O=C(NCc1ccc(Br)cc1Cl)C1CCN(C(=O)c2ccco2)CC1. The smallest absolute Gasteiger partial charge is 0.289 e. The van der Waals surface area contributed by atoms with Crippen LogP contribution in [-0.2, 0) is 11.3 Å². The van der Waals surface area contributed by atoms with Gasteiger partial charge in [0.1, 0.15) is 0 Å². The Kier molecular flexibility index (Phi) is 5.81. The molecule has 1 aromatic heterocycles. The van der Waals surface area contributed by atoms with E-state index in [9.17, 15) is 9.59 Å². The Morgan fingerprint density at radius 1 is 1.28 bits per heavy atom. The molecule has 132 valence electrons. The van der Waals surface area contributed by atoms with Crippen LogP contribution < -0.4 is 5.32 Å². The van der Waals surface area contributed by atoms with Crippen molar-refractivity contribution in [1.29, 1.82) is 0 Å². The molecule has 0 atom stereocenters. The van der Waals surface area contributed by atoms with Gasteiger partial charge >= 0.3 is 0 Å². The van der Waals surface area contributed by atoms with E-state index in [0.717, 1.165) is 10.0 Å². The molecule has 2 aromatic rings. The first-order chi connectivity index (χ1) is 12.0. The van der Waals surface area contributed by atoms with Crippen LogP contribution in [0.5, 0.6) is 0 Å². The number of carbonyl (C=O) groups is 2. The second kappa shape index (κ2) is 8.06. The van der Waals surface area contributed by atoms with Gasteiger partial charge in [0.25, 0.3) is 5.91 Å². The molecule has 25 heavy (non-hydrogen) atoms. The molecule has 1 saturated heterocycles. The van der Waals surface area contributed by atoms with E-state index < -0.39 is 0 Å². The number of rotatable bonds is 4. The standard InChI is InChI=1S/C18H18BrClN2O3/c19-14-4-3-13(15(20)10-14)11-21-17(23)12-5-7-22(8-6-12)18(24)16-2-1-9-25-16/h1-4,9-10,12H,5-8,11H2,(H,21,23). The van der Waals surface area contributed by atoms with Gasteiger partial charge in [-0.15, -0.1) is 0 Å². The first-order valence-corrected chi connectivity index (χ1v) is 9.26. The second-order valence-corrected chi connectivity index (χ2v) is 7.32. The Labute approximate surface area is 159 Å². The van der Waals surface area contributed by atoms with E-state index in [1.807, 2.05) is 18.2 Å². The summed E-state index contributed by atoms with van der Waals surface area (Å²) in [6.45, 7) is 1.50. The molecule has 0 bridgehead atoms. The summed E-state index contributed by atoms with van der Waals surface area (Å²) < 4.78 is 6.05. The maximum Gasteiger partial charge on any atom is 0.289 e. The van der Waals surface area contributed by atoms with Gasteiger partial charge < -0.3 is 14.6 Å². The molecule has 7 heteroatoms. The molecule has 1 aliphatic heterocycles. The van der Waals surface area contributed by atoms with Gasteiger partial charge in [0.2, 0.25) is 5.91 Å². The summed E-state index contributed by atoms with van der Waals surface area (Å²) in [5.74, 6) is 0.136. The van der Waals surface area contributed by atoms with Crippen molar-refractivity contribution in [2.45, 2.75) is 19.4 Å². The van der Waals surface area contributed by atoms with E-state index >= 15 is 0 Å². The summed E-state index contributed by atoms with van der Waals surface area (Å²) >= 11 is 9.53. The molecule has 0 radical (unpaired) electrons. The van der Waals surface area contributed by atoms with Gasteiger partial charge in [-0.1, -0.05) is 33.6 Å². The summed E-state index contributed by atoms with van der Waals surface area (Å²) in [5, 5.41) is 3.56. The Balaban J connectivity index is 1.49. The molecule has 1 aliphatic rings. The fourth-order valence-electron chi connectivity index (χ4n) is 2.89. The van der Waals surface area contributed by atoms with Crippen LogP contribution in [0.4, 0.5) is 0 Å². The lowest BCUT2D eigenvalue weighted by molar-refractivity contribution is -0.126. The molecule has 2 amide bonds. The Morgan fingerprint density at radius 3 is 2.68 bits per heavy atom. The number of benzene rings is 1. The minimum atomic E-state index is -0.120. The second-order valence-electron chi connectivity index (χ2n) is 6.00. The molecule has 2 heterocycles. The van der Waals surface area contributed by atoms with Crippen LogP contribution in [0.15, 0.2) is 45.5 Å². The quantitative estimate of drug-likeness (QED) is 0.809. The summed E-state index contributed by atoms with van der Waals surface area (Å²) in [5.41, 5.74) is 0.878. The first-order valence-electron chi connectivity index (χ1n) is 8.09. The number of nitrogens with zero attached hydrogens (tertiary/aromatic N) is 1. The van der Waals surface area contributed by atoms with Crippen molar-refractivity contribution in [3.8, 4) is 0 Å². The average molecular weight is 426 g/mol. The predicted octanol–water partition coefficient (Wildman–Crippen LogP) is 3.86. The number of furan rings is 1. The monoisotopic (exact) mass is 424 g/mol. The molecule has 1 fully saturated rings. The molecular formula is C18H18BrClN2O3. The number of likely N-dealkylation sites (tertiary alicyclic amines) is 1. The number of amides is 2. The van der Waals surface area contributed by atoms with Gasteiger partial charge in [-0.2, -0.15) is 0 Å². The molecule has 0 unspecified atom stereocenters. The van der Waals surface area contributed by atoms with Gasteiger partial charge in [0.15, 0.2) is 5.76 Å². The molecule has 0 saturated carbocycles. The van der Waals surface area contributed by atoms with Gasteiger partial charge in [-0.25, -0.2) is 0 Å². The summed E-state index contributed by atoms with van der Waals surface area (Å²) in [6.07, 6.45) is 2.78. The normalized spacial score (nSPS) is 15.2. The Bertz CT molecular complexity index is 756.